The Morgan fingerprint density at radius 2 is 1.27 bits per heavy atom. The first-order valence-electron chi connectivity index (χ1n) is 16.4. The van der Waals surface area contributed by atoms with Crippen LogP contribution < -0.4 is 26.0 Å². The first kappa shape index (κ1) is 30.0. The molecule has 0 spiro atoms. The Kier molecular flexibility index (Phi) is 8.22. The first-order valence-corrected chi connectivity index (χ1v) is 16.4. The van der Waals surface area contributed by atoms with E-state index in [2.05, 4.69) is 166 Å². The molecule has 1 aliphatic rings. The fourth-order valence-corrected chi connectivity index (χ4v) is 6.53. The largest absolute Gasteiger partial charge is 0.439 e. The maximum Gasteiger partial charge on any atom is 0.247 e. The number of pyridine rings is 1. The van der Waals surface area contributed by atoms with Crippen molar-refractivity contribution in [3.05, 3.63) is 176 Å². The van der Waals surface area contributed by atoms with Crippen molar-refractivity contribution in [2.75, 3.05) is 18.6 Å². The lowest BCUT2D eigenvalue weighted by molar-refractivity contribution is 0.463. The Morgan fingerprint density at radius 3 is 1.96 bits per heavy atom. The second-order valence-corrected chi connectivity index (χ2v) is 12.1. The van der Waals surface area contributed by atoms with Crippen LogP contribution in [0.1, 0.15) is 0 Å². The number of hydrogen-bond donors (Lipinski definition) is 0. The van der Waals surface area contributed by atoms with E-state index in [1.165, 1.54) is 0 Å². The molecule has 0 radical (unpaired) electrons. The maximum atomic E-state index is 6.31. The van der Waals surface area contributed by atoms with Gasteiger partial charge in [-0.1, -0.05) is 120 Å². The Hall–Kier alpha value is -6.34. The second kappa shape index (κ2) is 13.4. The van der Waals surface area contributed by atoms with Crippen LogP contribution in [0.15, 0.2) is 176 Å². The van der Waals surface area contributed by atoms with Crippen LogP contribution in [0.4, 0.5) is 5.69 Å². The molecule has 7 aromatic rings. The van der Waals surface area contributed by atoms with Crippen molar-refractivity contribution in [2.45, 2.75) is 0 Å². The number of ether oxygens (including phenoxy) is 1. The molecule has 0 fully saturated rings. The molecular weight excluding hydrogens is 601 g/mol. The van der Waals surface area contributed by atoms with Crippen molar-refractivity contribution in [1.29, 1.82) is 0 Å². The van der Waals surface area contributed by atoms with Crippen molar-refractivity contribution in [3.63, 3.8) is 0 Å². The van der Waals surface area contributed by atoms with Gasteiger partial charge in [-0.15, -0.1) is 0 Å². The summed E-state index contributed by atoms with van der Waals surface area (Å²) in [5, 5.41) is 5.45. The number of aromatic nitrogens is 3. The van der Waals surface area contributed by atoms with Crippen molar-refractivity contribution in [3.8, 4) is 39.8 Å². The normalized spacial score (nSPS) is 12.3. The Labute approximate surface area is 287 Å². The van der Waals surface area contributed by atoms with E-state index in [4.69, 9.17) is 9.84 Å². The highest BCUT2D eigenvalue weighted by atomic mass is 16.5. The average molecular weight is 636 g/mol. The summed E-state index contributed by atoms with van der Waals surface area (Å²) in [5.74, 6) is 1.27. The molecule has 0 atom stereocenters. The van der Waals surface area contributed by atoms with Crippen LogP contribution in [0, 0.1) is 0 Å². The summed E-state index contributed by atoms with van der Waals surface area (Å²) in [4.78, 5) is 8.86. The van der Waals surface area contributed by atoms with Crippen LogP contribution in [-0.2, 0) is 0 Å². The lowest BCUT2D eigenvalue weighted by Gasteiger charge is -2.22. The van der Waals surface area contributed by atoms with E-state index in [9.17, 15) is 0 Å². The van der Waals surface area contributed by atoms with E-state index in [-0.39, 0.29) is 6.71 Å². The zero-order valence-corrected chi connectivity index (χ0v) is 27.2. The summed E-state index contributed by atoms with van der Waals surface area (Å²) >= 11 is 0. The van der Waals surface area contributed by atoms with Crippen molar-refractivity contribution in [1.82, 2.24) is 19.7 Å². The molecule has 236 valence electrons. The summed E-state index contributed by atoms with van der Waals surface area (Å²) in [5.41, 5.74) is 9.57. The Morgan fingerprint density at radius 1 is 0.612 bits per heavy atom. The molecule has 0 unspecified atom stereocenters. The van der Waals surface area contributed by atoms with Crippen LogP contribution in [0.25, 0.3) is 28.2 Å². The van der Waals surface area contributed by atoms with E-state index in [0.717, 1.165) is 62.7 Å². The van der Waals surface area contributed by atoms with Crippen molar-refractivity contribution >= 4 is 28.8 Å². The SMILES string of the molecule is CN1C=CN(c2cccc(B(c3cccc(Oc4ccccn4)c3)c3c(-c4ccccc4)nn(-c4ccccc4)c3-c3ccccc3)c2)C1. The molecule has 1 aliphatic heterocycles. The van der Waals surface area contributed by atoms with Gasteiger partial charge >= 0.3 is 0 Å². The molecule has 5 aromatic carbocycles. The van der Waals surface area contributed by atoms with Gasteiger partial charge in [0.2, 0.25) is 12.6 Å². The molecule has 2 aromatic heterocycles. The van der Waals surface area contributed by atoms with Gasteiger partial charge in [-0.3, -0.25) is 0 Å². The van der Waals surface area contributed by atoms with Gasteiger partial charge in [-0.2, -0.15) is 5.10 Å². The molecule has 0 saturated carbocycles. The van der Waals surface area contributed by atoms with Crippen LogP contribution in [0.2, 0.25) is 0 Å². The predicted molar refractivity (Wildman–Crippen MR) is 201 cm³/mol. The monoisotopic (exact) mass is 635 g/mol. The molecule has 0 amide bonds. The van der Waals surface area contributed by atoms with Crippen molar-refractivity contribution < 1.29 is 4.74 Å². The molecule has 49 heavy (non-hydrogen) atoms. The zero-order valence-electron chi connectivity index (χ0n) is 27.2. The van der Waals surface area contributed by atoms with E-state index >= 15 is 0 Å². The van der Waals surface area contributed by atoms with E-state index in [1.54, 1.807) is 6.20 Å². The second-order valence-electron chi connectivity index (χ2n) is 12.1. The third-order valence-corrected chi connectivity index (χ3v) is 8.77. The molecular formula is C42H34BN5O. The van der Waals surface area contributed by atoms with Gasteiger partial charge in [0.25, 0.3) is 0 Å². The number of benzene rings is 5. The molecule has 6 nitrogen and oxygen atoms in total. The average Bonchev–Trinajstić information content (AvgIpc) is 3.78. The highest BCUT2D eigenvalue weighted by Gasteiger charge is 2.33. The molecule has 0 N–H and O–H groups in total. The molecule has 3 heterocycles. The van der Waals surface area contributed by atoms with Gasteiger partial charge < -0.3 is 14.5 Å². The number of hydrogen-bond acceptors (Lipinski definition) is 5. The lowest BCUT2D eigenvalue weighted by Crippen LogP contribution is -2.53. The van der Waals surface area contributed by atoms with Gasteiger partial charge in [-0.25, -0.2) is 9.67 Å². The van der Waals surface area contributed by atoms with Gasteiger partial charge in [0.1, 0.15) is 5.75 Å². The molecule has 0 aliphatic carbocycles. The fourth-order valence-electron chi connectivity index (χ4n) is 6.53. The van der Waals surface area contributed by atoms with Crippen LogP contribution >= 0.6 is 0 Å². The minimum Gasteiger partial charge on any atom is -0.439 e. The fraction of sp³-hybridized carbons (Fsp3) is 0.0476. The number of nitrogens with zero attached hydrogens (tertiary/aromatic N) is 5. The smallest absolute Gasteiger partial charge is 0.247 e. The summed E-state index contributed by atoms with van der Waals surface area (Å²) in [6.45, 7) is 0.581. The topological polar surface area (TPSA) is 46.4 Å². The highest BCUT2D eigenvalue weighted by molar-refractivity contribution is 6.97. The predicted octanol–water partition coefficient (Wildman–Crippen LogP) is 7.09. The third kappa shape index (κ3) is 6.22. The van der Waals surface area contributed by atoms with Gasteiger partial charge in [0.15, 0.2) is 0 Å². The van der Waals surface area contributed by atoms with Crippen LogP contribution in [0.3, 0.4) is 0 Å². The van der Waals surface area contributed by atoms with E-state index in [1.807, 2.05) is 30.3 Å². The van der Waals surface area contributed by atoms with Crippen LogP contribution in [0.5, 0.6) is 11.6 Å². The summed E-state index contributed by atoms with van der Waals surface area (Å²) < 4.78 is 8.41. The van der Waals surface area contributed by atoms with Gasteiger partial charge in [0, 0.05) is 43.0 Å². The van der Waals surface area contributed by atoms with Gasteiger partial charge in [-0.05, 0) is 53.5 Å². The zero-order chi connectivity index (χ0) is 33.0. The Balaban J connectivity index is 1.41. The minimum atomic E-state index is -0.209. The first-order chi connectivity index (χ1) is 24.2. The standard InChI is InChI=1S/C42H34BN5O/c1-46-27-28-47(31-46)37-23-13-19-34(29-37)43(35-20-14-24-38(30-35)49-39-25-11-12-26-44-39)40-41(32-15-5-2-6-16-32)45-48(36-21-9-4-10-22-36)42(40)33-17-7-3-8-18-33/h2-30H,31H2,1H3. The summed E-state index contributed by atoms with van der Waals surface area (Å²) in [6.07, 6.45) is 5.98. The third-order valence-electron chi connectivity index (χ3n) is 8.77. The lowest BCUT2D eigenvalue weighted by atomic mass is 9.36. The summed E-state index contributed by atoms with van der Waals surface area (Å²) in [6, 6.07) is 54.4. The van der Waals surface area contributed by atoms with Crippen LogP contribution in [-0.4, -0.2) is 40.1 Å². The summed E-state index contributed by atoms with van der Waals surface area (Å²) in [7, 11) is 2.09. The minimum absolute atomic E-state index is 0.209. The number of rotatable bonds is 9. The molecule has 7 heteroatoms. The quantitative estimate of drug-likeness (QED) is 0.159. The van der Waals surface area contributed by atoms with Gasteiger partial charge in [0.05, 0.1) is 23.7 Å². The van der Waals surface area contributed by atoms with E-state index < -0.39 is 0 Å². The molecule has 0 bridgehead atoms. The molecule has 8 rings (SSSR count). The maximum absolute atomic E-state index is 6.31. The Bertz CT molecular complexity index is 2210. The number of para-hydroxylation sites is 1. The van der Waals surface area contributed by atoms with Crippen molar-refractivity contribution in [2.24, 2.45) is 0 Å². The molecule has 0 saturated heterocycles. The highest BCUT2D eigenvalue weighted by Crippen LogP contribution is 2.29. The van der Waals surface area contributed by atoms with E-state index in [0.29, 0.717) is 5.88 Å². The number of anilines is 1.